The lowest BCUT2D eigenvalue weighted by atomic mass is 9.91. The second-order valence-electron chi connectivity index (χ2n) is 4.53. The molecule has 1 aromatic heterocycles. The highest BCUT2D eigenvalue weighted by Gasteiger charge is 2.42. The van der Waals surface area contributed by atoms with E-state index in [9.17, 15) is 15.0 Å². The first-order valence-electron chi connectivity index (χ1n) is 5.85. The highest BCUT2D eigenvalue weighted by molar-refractivity contribution is 6.99. The second-order valence-corrected chi connectivity index (χ2v) is 5.84. The molecule has 0 saturated carbocycles. The molecule has 2 aromatic rings. The van der Waals surface area contributed by atoms with Crippen LogP contribution in [0.4, 0.5) is 0 Å². The number of ether oxygens (including phenoxy) is 1. The summed E-state index contributed by atoms with van der Waals surface area (Å²) in [7, 11) is 0. The van der Waals surface area contributed by atoms with Crippen molar-refractivity contribution in [2.45, 2.75) is 18.4 Å². The SMILES string of the molecule is O=C(O)C1Oc2c(cc(O)c(Cl)c2Cl)C1Cc1cnsn1. The van der Waals surface area contributed by atoms with Gasteiger partial charge in [-0.3, -0.25) is 0 Å². The fraction of sp³-hybridized carbons (Fsp3) is 0.250. The molecule has 1 aromatic carbocycles. The average Bonchev–Trinajstić information content (AvgIpc) is 3.06. The molecule has 6 nitrogen and oxygen atoms in total. The maximum absolute atomic E-state index is 11.4. The van der Waals surface area contributed by atoms with Gasteiger partial charge in [0.05, 0.1) is 23.6 Å². The predicted molar refractivity (Wildman–Crippen MR) is 76.5 cm³/mol. The highest BCUT2D eigenvalue weighted by Crippen LogP contribution is 2.50. The van der Waals surface area contributed by atoms with Crippen molar-refractivity contribution in [1.29, 1.82) is 0 Å². The van der Waals surface area contributed by atoms with Crippen molar-refractivity contribution < 1.29 is 19.7 Å². The molecule has 3 rings (SSSR count). The number of aliphatic carboxylic acids is 1. The molecule has 1 aliphatic heterocycles. The molecular formula is C12H8Cl2N2O4S. The second kappa shape index (κ2) is 5.32. The lowest BCUT2D eigenvalue weighted by Gasteiger charge is -2.13. The van der Waals surface area contributed by atoms with Crippen molar-refractivity contribution in [3.63, 3.8) is 0 Å². The van der Waals surface area contributed by atoms with Crippen LogP contribution in [0, 0.1) is 0 Å². The third kappa shape index (κ3) is 2.41. The van der Waals surface area contributed by atoms with E-state index in [1.54, 1.807) is 6.20 Å². The molecular weight excluding hydrogens is 339 g/mol. The van der Waals surface area contributed by atoms with Crippen LogP contribution in [0.25, 0.3) is 0 Å². The summed E-state index contributed by atoms with van der Waals surface area (Å²) in [5.41, 5.74) is 1.15. The normalized spacial score (nSPS) is 20.1. The zero-order chi connectivity index (χ0) is 15.1. The van der Waals surface area contributed by atoms with Crippen LogP contribution < -0.4 is 4.74 Å². The molecule has 21 heavy (non-hydrogen) atoms. The van der Waals surface area contributed by atoms with E-state index >= 15 is 0 Å². The molecule has 2 N–H and O–H groups in total. The third-order valence-electron chi connectivity index (χ3n) is 3.26. The Labute approximate surface area is 133 Å². The summed E-state index contributed by atoms with van der Waals surface area (Å²) in [6.07, 6.45) is 0.772. The number of aromatic hydroxyl groups is 1. The zero-order valence-electron chi connectivity index (χ0n) is 10.3. The third-order valence-corrected chi connectivity index (χ3v) is 4.62. The van der Waals surface area contributed by atoms with Gasteiger partial charge in [-0.25, -0.2) is 4.79 Å². The Morgan fingerprint density at radius 1 is 1.43 bits per heavy atom. The molecule has 0 bridgehead atoms. The van der Waals surface area contributed by atoms with E-state index in [4.69, 9.17) is 27.9 Å². The first-order valence-corrected chi connectivity index (χ1v) is 7.34. The highest BCUT2D eigenvalue weighted by atomic mass is 35.5. The molecule has 1 aliphatic rings. The molecule has 0 aliphatic carbocycles. The molecule has 0 saturated heterocycles. The van der Waals surface area contributed by atoms with Crippen LogP contribution in [0.3, 0.4) is 0 Å². The van der Waals surface area contributed by atoms with Crippen LogP contribution in [0.15, 0.2) is 12.3 Å². The monoisotopic (exact) mass is 346 g/mol. The van der Waals surface area contributed by atoms with Gasteiger partial charge in [-0.2, -0.15) is 8.75 Å². The summed E-state index contributed by atoms with van der Waals surface area (Å²) in [4.78, 5) is 11.4. The summed E-state index contributed by atoms with van der Waals surface area (Å²) in [6, 6.07) is 1.39. The van der Waals surface area contributed by atoms with Crippen molar-refractivity contribution in [3.8, 4) is 11.5 Å². The zero-order valence-corrected chi connectivity index (χ0v) is 12.6. The Balaban J connectivity index is 2.07. The van der Waals surface area contributed by atoms with Gasteiger partial charge in [0, 0.05) is 17.9 Å². The maximum atomic E-state index is 11.4. The Bertz CT molecular complexity index is 708. The largest absolute Gasteiger partial charge is 0.506 e. The van der Waals surface area contributed by atoms with Crippen LogP contribution in [-0.2, 0) is 11.2 Å². The molecule has 0 fully saturated rings. The Morgan fingerprint density at radius 3 is 2.81 bits per heavy atom. The Kier molecular flexibility index (Phi) is 3.64. The Hall–Kier alpha value is -1.57. The molecule has 0 radical (unpaired) electrons. The fourth-order valence-corrected chi connectivity index (χ4v) is 3.15. The number of nitrogens with zero attached hydrogens (tertiary/aromatic N) is 2. The van der Waals surface area contributed by atoms with Gasteiger partial charge >= 0.3 is 5.97 Å². The quantitative estimate of drug-likeness (QED) is 0.887. The average molecular weight is 347 g/mol. The van der Waals surface area contributed by atoms with Gasteiger partial charge in [0.15, 0.2) is 0 Å². The molecule has 110 valence electrons. The Morgan fingerprint density at radius 2 is 2.19 bits per heavy atom. The molecule has 0 amide bonds. The number of carbonyl (C=O) groups is 1. The number of phenolic OH excluding ortho intramolecular Hbond substituents is 1. The van der Waals surface area contributed by atoms with E-state index in [1.165, 1.54) is 6.07 Å². The van der Waals surface area contributed by atoms with E-state index < -0.39 is 18.0 Å². The van der Waals surface area contributed by atoms with Crippen LogP contribution in [0.1, 0.15) is 17.2 Å². The summed E-state index contributed by atoms with van der Waals surface area (Å²) in [5, 5.41) is 19.1. The van der Waals surface area contributed by atoms with Gasteiger partial charge in [-0.05, 0) is 6.07 Å². The van der Waals surface area contributed by atoms with Gasteiger partial charge in [0.2, 0.25) is 6.10 Å². The fourth-order valence-electron chi connectivity index (χ4n) is 2.32. The van der Waals surface area contributed by atoms with E-state index in [2.05, 4.69) is 8.75 Å². The number of benzene rings is 1. The van der Waals surface area contributed by atoms with Gasteiger partial charge < -0.3 is 14.9 Å². The van der Waals surface area contributed by atoms with Gasteiger partial charge in [-0.15, -0.1) is 0 Å². The first kappa shape index (κ1) is 14.4. The molecule has 2 unspecified atom stereocenters. The van der Waals surface area contributed by atoms with Crippen LogP contribution in [0.2, 0.25) is 10.0 Å². The van der Waals surface area contributed by atoms with Crippen molar-refractivity contribution >= 4 is 40.9 Å². The van der Waals surface area contributed by atoms with Crippen molar-refractivity contribution in [3.05, 3.63) is 33.6 Å². The van der Waals surface area contributed by atoms with E-state index in [1.807, 2.05) is 0 Å². The van der Waals surface area contributed by atoms with Crippen molar-refractivity contribution in [2.75, 3.05) is 0 Å². The van der Waals surface area contributed by atoms with Crippen LogP contribution in [0.5, 0.6) is 11.5 Å². The topological polar surface area (TPSA) is 92.5 Å². The summed E-state index contributed by atoms with van der Waals surface area (Å²) in [6.45, 7) is 0. The smallest absolute Gasteiger partial charge is 0.345 e. The minimum absolute atomic E-state index is 0.0109. The number of carboxylic acid groups (broad SMARTS) is 1. The van der Waals surface area contributed by atoms with Crippen LogP contribution >= 0.6 is 34.9 Å². The number of rotatable bonds is 3. The molecule has 9 heteroatoms. The lowest BCUT2D eigenvalue weighted by molar-refractivity contribution is -0.145. The first-order chi connectivity index (χ1) is 9.99. The number of hydrogen-bond acceptors (Lipinski definition) is 6. The number of fused-ring (bicyclic) bond motifs is 1. The number of phenols is 1. The molecule has 2 heterocycles. The lowest BCUT2D eigenvalue weighted by Crippen LogP contribution is -2.29. The molecule has 2 atom stereocenters. The predicted octanol–water partition coefficient (Wildman–Crippen LogP) is 2.72. The van der Waals surface area contributed by atoms with Gasteiger partial charge in [0.1, 0.15) is 21.5 Å². The van der Waals surface area contributed by atoms with Crippen molar-refractivity contribution in [1.82, 2.24) is 8.75 Å². The summed E-state index contributed by atoms with van der Waals surface area (Å²) < 4.78 is 13.4. The van der Waals surface area contributed by atoms with Gasteiger partial charge in [-0.1, -0.05) is 23.2 Å². The van der Waals surface area contributed by atoms with E-state index in [0.717, 1.165) is 11.7 Å². The standard InChI is InChI=1S/C12H8Cl2N2O4S/c13-8-7(17)2-6-5(1-4-3-15-21-16-4)11(12(18)19)20-10(6)9(8)14/h2-3,5,11,17H,1H2,(H,18,19). The number of carboxylic acids is 1. The summed E-state index contributed by atoms with van der Waals surface area (Å²) in [5.74, 6) is -1.66. The minimum Gasteiger partial charge on any atom is -0.506 e. The van der Waals surface area contributed by atoms with Gasteiger partial charge in [0.25, 0.3) is 0 Å². The van der Waals surface area contributed by atoms with Crippen LogP contribution in [-0.4, -0.2) is 31.0 Å². The maximum Gasteiger partial charge on any atom is 0.345 e. The number of halogens is 2. The number of aromatic nitrogens is 2. The van der Waals surface area contributed by atoms with Crippen molar-refractivity contribution in [2.24, 2.45) is 0 Å². The molecule has 0 spiro atoms. The summed E-state index contributed by atoms with van der Waals surface area (Å²) >= 11 is 12.9. The minimum atomic E-state index is -1.12. The van der Waals surface area contributed by atoms with E-state index in [-0.39, 0.29) is 21.5 Å². The van der Waals surface area contributed by atoms with E-state index in [0.29, 0.717) is 17.7 Å². The number of hydrogen-bond donors (Lipinski definition) is 2.